The van der Waals surface area contributed by atoms with Gasteiger partial charge in [-0.25, -0.2) is 4.98 Å². The van der Waals surface area contributed by atoms with Gasteiger partial charge in [-0.3, -0.25) is 9.59 Å². The Kier molecular flexibility index (Phi) is 7.23. The number of aliphatic hydroxyl groups is 1. The first kappa shape index (κ1) is 27.7. The standard InChI is InChI=1S/C31H32F3N3O4/c32-31(33,34)23-7-2-5-21(17-23)26(38)28(40)37-13-3-8-25-24(18-37)27(39)36-29(35-25)30(11-12-30)22-6-1-4-20(16-22)19-9-14-41-15-10-19/h1-2,4-7,16-17,19,26,38H,3,8-15,18H2,(H,35,36,39)/t26-/m1/s1. The molecule has 1 atom stereocenters. The Morgan fingerprint density at radius 1 is 1.12 bits per heavy atom. The lowest BCUT2D eigenvalue weighted by Crippen LogP contribution is -2.36. The van der Waals surface area contributed by atoms with E-state index in [1.807, 2.05) is 0 Å². The number of rotatable bonds is 5. The van der Waals surface area contributed by atoms with E-state index >= 15 is 0 Å². The molecule has 2 aromatic carbocycles. The number of alkyl halides is 3. The van der Waals surface area contributed by atoms with E-state index in [1.165, 1.54) is 16.5 Å². The van der Waals surface area contributed by atoms with E-state index in [0.717, 1.165) is 62.7 Å². The fourth-order valence-electron chi connectivity index (χ4n) is 6.15. The lowest BCUT2D eigenvalue weighted by Gasteiger charge is -2.25. The average Bonchev–Trinajstić information content (AvgIpc) is 3.81. The number of aliphatic hydroxyl groups excluding tert-OH is 1. The molecule has 0 unspecified atom stereocenters. The number of H-pyrrole nitrogens is 1. The van der Waals surface area contributed by atoms with E-state index in [9.17, 15) is 27.9 Å². The van der Waals surface area contributed by atoms with Gasteiger partial charge in [-0.15, -0.1) is 0 Å². The minimum atomic E-state index is -4.60. The van der Waals surface area contributed by atoms with E-state index in [1.54, 1.807) is 0 Å². The Morgan fingerprint density at radius 2 is 1.88 bits per heavy atom. The van der Waals surface area contributed by atoms with Crippen LogP contribution in [0.15, 0.2) is 53.3 Å². The summed E-state index contributed by atoms with van der Waals surface area (Å²) >= 11 is 0. The number of aromatic nitrogens is 2. The molecule has 10 heteroatoms. The number of halogens is 3. The van der Waals surface area contributed by atoms with Gasteiger partial charge < -0.3 is 19.7 Å². The van der Waals surface area contributed by atoms with Crippen molar-refractivity contribution < 1.29 is 27.8 Å². The van der Waals surface area contributed by atoms with Gasteiger partial charge in [0, 0.05) is 19.8 Å². The molecule has 2 N–H and O–H groups in total. The van der Waals surface area contributed by atoms with Crippen molar-refractivity contribution in [1.29, 1.82) is 0 Å². The molecule has 0 spiro atoms. The number of fused-ring (bicyclic) bond motifs is 1. The molecule has 216 valence electrons. The number of nitrogens with one attached hydrogen (secondary N) is 1. The normalized spacial score (nSPS) is 19.8. The molecule has 2 fully saturated rings. The van der Waals surface area contributed by atoms with Crippen molar-refractivity contribution in [3.05, 3.63) is 98.2 Å². The molecule has 2 aliphatic heterocycles. The second kappa shape index (κ2) is 10.7. The van der Waals surface area contributed by atoms with Crippen LogP contribution in [-0.2, 0) is 34.1 Å². The Balaban J connectivity index is 1.24. The molecule has 1 aromatic heterocycles. The summed E-state index contributed by atoms with van der Waals surface area (Å²) in [5, 5.41) is 10.7. The first-order valence-electron chi connectivity index (χ1n) is 14.1. The highest BCUT2D eigenvalue weighted by atomic mass is 19.4. The maximum atomic E-state index is 13.4. The third kappa shape index (κ3) is 5.42. The van der Waals surface area contributed by atoms with Gasteiger partial charge in [-0.1, -0.05) is 36.4 Å². The summed E-state index contributed by atoms with van der Waals surface area (Å²) in [6, 6.07) is 12.7. The summed E-state index contributed by atoms with van der Waals surface area (Å²) in [5.74, 6) is 0.340. The minimum Gasteiger partial charge on any atom is -0.381 e. The third-order valence-corrected chi connectivity index (χ3v) is 8.70. The highest BCUT2D eigenvalue weighted by molar-refractivity contribution is 5.82. The van der Waals surface area contributed by atoms with Gasteiger partial charge in [0.15, 0.2) is 6.10 Å². The predicted molar refractivity (Wildman–Crippen MR) is 144 cm³/mol. The highest BCUT2D eigenvalue weighted by Crippen LogP contribution is 2.52. The van der Waals surface area contributed by atoms with E-state index in [-0.39, 0.29) is 29.6 Å². The van der Waals surface area contributed by atoms with Crippen LogP contribution in [0.5, 0.6) is 0 Å². The number of ether oxygens (including phenoxy) is 1. The second-order valence-corrected chi connectivity index (χ2v) is 11.3. The lowest BCUT2D eigenvalue weighted by molar-refractivity contribution is -0.142. The number of aromatic amines is 1. The summed E-state index contributed by atoms with van der Waals surface area (Å²) in [6.07, 6.45) is -1.65. The summed E-state index contributed by atoms with van der Waals surface area (Å²) in [7, 11) is 0. The van der Waals surface area contributed by atoms with Crippen molar-refractivity contribution in [1.82, 2.24) is 14.9 Å². The monoisotopic (exact) mass is 567 g/mol. The van der Waals surface area contributed by atoms with Crippen LogP contribution in [-0.4, -0.2) is 45.6 Å². The van der Waals surface area contributed by atoms with Crippen molar-refractivity contribution in [3.63, 3.8) is 0 Å². The number of amides is 1. The van der Waals surface area contributed by atoms with Gasteiger partial charge in [0.05, 0.1) is 28.8 Å². The number of benzene rings is 2. The van der Waals surface area contributed by atoms with Gasteiger partial charge in [-0.05, 0) is 73.3 Å². The topological polar surface area (TPSA) is 95.5 Å². The largest absolute Gasteiger partial charge is 0.416 e. The number of nitrogens with zero attached hydrogens (tertiary/aromatic N) is 2. The Hall–Kier alpha value is -3.50. The molecule has 1 saturated heterocycles. The van der Waals surface area contributed by atoms with Crippen LogP contribution >= 0.6 is 0 Å². The third-order valence-electron chi connectivity index (χ3n) is 8.70. The van der Waals surface area contributed by atoms with Crippen molar-refractivity contribution in [2.75, 3.05) is 19.8 Å². The van der Waals surface area contributed by atoms with Crippen molar-refractivity contribution >= 4 is 5.91 Å². The summed E-state index contributed by atoms with van der Waals surface area (Å²) in [5.41, 5.74) is 1.63. The molecule has 0 radical (unpaired) electrons. The molecule has 7 nitrogen and oxygen atoms in total. The minimum absolute atomic E-state index is 0.0704. The number of hydrogen-bond donors (Lipinski definition) is 2. The zero-order chi connectivity index (χ0) is 28.8. The molecule has 1 amide bonds. The van der Waals surface area contributed by atoms with Crippen LogP contribution in [0.1, 0.15) is 83.5 Å². The fraction of sp³-hybridized carbons (Fsp3) is 0.452. The first-order chi connectivity index (χ1) is 19.7. The average molecular weight is 568 g/mol. The summed E-state index contributed by atoms with van der Waals surface area (Å²) < 4.78 is 45.0. The van der Waals surface area contributed by atoms with Crippen LogP contribution in [0.25, 0.3) is 0 Å². The van der Waals surface area contributed by atoms with Crippen LogP contribution < -0.4 is 5.56 Å². The first-order valence-corrected chi connectivity index (χ1v) is 14.1. The number of aryl methyl sites for hydroxylation is 1. The Bertz CT molecular complexity index is 1510. The molecule has 41 heavy (non-hydrogen) atoms. The molecule has 0 bridgehead atoms. The van der Waals surface area contributed by atoms with E-state index in [2.05, 4.69) is 29.2 Å². The lowest BCUT2D eigenvalue weighted by atomic mass is 9.87. The maximum absolute atomic E-state index is 13.4. The quantitative estimate of drug-likeness (QED) is 0.463. The molecule has 1 aliphatic carbocycles. The SMILES string of the molecule is O=C([C@H](O)c1cccc(C(F)(F)F)c1)N1CCCc2nc(C3(c4cccc(C5CCOCC5)c4)CC3)[nH]c(=O)c2C1. The zero-order valence-corrected chi connectivity index (χ0v) is 22.5. The zero-order valence-electron chi connectivity index (χ0n) is 22.5. The number of hydrogen-bond acceptors (Lipinski definition) is 5. The van der Waals surface area contributed by atoms with E-state index < -0.39 is 23.8 Å². The molecule has 3 aliphatic rings. The van der Waals surface area contributed by atoms with Crippen LogP contribution in [0.3, 0.4) is 0 Å². The molecular weight excluding hydrogens is 535 g/mol. The Labute approximate surface area is 235 Å². The number of carbonyl (C=O) groups is 1. The van der Waals surface area contributed by atoms with E-state index in [0.29, 0.717) is 35.8 Å². The second-order valence-electron chi connectivity index (χ2n) is 11.3. The van der Waals surface area contributed by atoms with Gasteiger partial charge in [0.1, 0.15) is 5.82 Å². The van der Waals surface area contributed by atoms with Crippen molar-refractivity contribution in [2.45, 2.75) is 68.7 Å². The Morgan fingerprint density at radius 3 is 2.61 bits per heavy atom. The van der Waals surface area contributed by atoms with Crippen LogP contribution in [0, 0.1) is 0 Å². The van der Waals surface area contributed by atoms with Crippen LogP contribution in [0.4, 0.5) is 13.2 Å². The van der Waals surface area contributed by atoms with Gasteiger partial charge in [0.2, 0.25) is 0 Å². The van der Waals surface area contributed by atoms with Crippen molar-refractivity contribution in [2.24, 2.45) is 0 Å². The predicted octanol–water partition coefficient (Wildman–Crippen LogP) is 4.77. The molecule has 6 rings (SSSR count). The van der Waals surface area contributed by atoms with Gasteiger partial charge in [0.25, 0.3) is 11.5 Å². The molecule has 3 aromatic rings. The molecular formula is C31H32F3N3O4. The summed E-state index contributed by atoms with van der Waals surface area (Å²) in [4.78, 5) is 35.8. The number of carbonyl (C=O) groups excluding carboxylic acids is 1. The molecule has 1 saturated carbocycles. The molecule has 3 heterocycles. The van der Waals surface area contributed by atoms with E-state index in [4.69, 9.17) is 9.72 Å². The van der Waals surface area contributed by atoms with Crippen molar-refractivity contribution in [3.8, 4) is 0 Å². The summed E-state index contributed by atoms with van der Waals surface area (Å²) in [6.45, 7) is 1.70. The smallest absolute Gasteiger partial charge is 0.381 e. The van der Waals surface area contributed by atoms with Gasteiger partial charge >= 0.3 is 6.18 Å². The van der Waals surface area contributed by atoms with Gasteiger partial charge in [-0.2, -0.15) is 13.2 Å². The fourth-order valence-corrected chi connectivity index (χ4v) is 6.15. The highest BCUT2D eigenvalue weighted by Gasteiger charge is 2.49. The maximum Gasteiger partial charge on any atom is 0.416 e. The van der Waals surface area contributed by atoms with Crippen LogP contribution in [0.2, 0.25) is 0 Å².